The van der Waals surface area contributed by atoms with E-state index in [1.54, 1.807) is 0 Å². The Labute approximate surface area is 164 Å². The molecular formula is C18H36IN3O2. The molecule has 0 aromatic heterocycles. The van der Waals surface area contributed by atoms with Gasteiger partial charge in [-0.05, 0) is 50.4 Å². The van der Waals surface area contributed by atoms with Crippen molar-refractivity contribution < 1.29 is 9.47 Å². The topological polar surface area (TPSA) is 54.9 Å². The maximum atomic E-state index is 5.89. The standard InChI is InChI=1S/C18H35N3O2.HI/c1-18(2)9-5-15(6-10-18)21-17(19-3)20-11-4-12-23-16-7-13-22-14-8-16;/h15-16H,4-14H2,1-3H3,(H2,19,20,21);1H. The molecule has 0 atom stereocenters. The van der Waals surface area contributed by atoms with Crippen molar-refractivity contribution in [2.45, 2.75) is 70.9 Å². The lowest BCUT2D eigenvalue weighted by atomic mass is 9.75. The highest BCUT2D eigenvalue weighted by molar-refractivity contribution is 14.0. The molecule has 2 fully saturated rings. The van der Waals surface area contributed by atoms with Crippen molar-refractivity contribution in [3.05, 3.63) is 0 Å². The van der Waals surface area contributed by atoms with Crippen LogP contribution in [0.1, 0.15) is 58.8 Å². The van der Waals surface area contributed by atoms with Crippen LogP contribution < -0.4 is 10.6 Å². The van der Waals surface area contributed by atoms with Gasteiger partial charge in [-0.3, -0.25) is 4.99 Å². The minimum Gasteiger partial charge on any atom is -0.381 e. The highest BCUT2D eigenvalue weighted by Gasteiger charge is 2.27. The van der Waals surface area contributed by atoms with Crippen molar-refractivity contribution in [1.29, 1.82) is 0 Å². The van der Waals surface area contributed by atoms with Gasteiger partial charge in [-0.2, -0.15) is 0 Å². The Morgan fingerprint density at radius 1 is 1.17 bits per heavy atom. The molecule has 0 aromatic rings. The number of hydrogen-bond donors (Lipinski definition) is 2. The minimum atomic E-state index is 0. The number of hydrogen-bond acceptors (Lipinski definition) is 3. The van der Waals surface area contributed by atoms with E-state index in [4.69, 9.17) is 9.47 Å². The summed E-state index contributed by atoms with van der Waals surface area (Å²) in [6.45, 7) is 8.15. The third kappa shape index (κ3) is 8.34. The van der Waals surface area contributed by atoms with Gasteiger partial charge in [0.25, 0.3) is 0 Å². The Morgan fingerprint density at radius 3 is 2.46 bits per heavy atom. The van der Waals surface area contributed by atoms with Crippen molar-refractivity contribution >= 4 is 29.9 Å². The molecule has 1 aliphatic carbocycles. The minimum absolute atomic E-state index is 0. The van der Waals surface area contributed by atoms with Crippen LogP contribution in [0.2, 0.25) is 0 Å². The monoisotopic (exact) mass is 453 g/mol. The van der Waals surface area contributed by atoms with Gasteiger partial charge in [-0.15, -0.1) is 24.0 Å². The Kier molecular flexibility index (Phi) is 10.5. The number of guanidine groups is 1. The SMILES string of the molecule is CN=C(NCCCOC1CCOCC1)NC1CCC(C)(C)CC1.I. The molecular weight excluding hydrogens is 417 g/mol. The summed E-state index contributed by atoms with van der Waals surface area (Å²) in [5.41, 5.74) is 0.511. The average Bonchev–Trinajstić information content (AvgIpc) is 2.56. The second-order valence-electron chi connectivity index (χ2n) is 7.62. The number of nitrogens with one attached hydrogen (secondary N) is 2. The van der Waals surface area contributed by atoms with Crippen molar-refractivity contribution in [2.75, 3.05) is 33.4 Å². The van der Waals surface area contributed by atoms with E-state index in [2.05, 4.69) is 29.5 Å². The summed E-state index contributed by atoms with van der Waals surface area (Å²) in [6.07, 6.45) is 8.54. The van der Waals surface area contributed by atoms with E-state index in [9.17, 15) is 0 Å². The Hall–Kier alpha value is -0.0800. The second kappa shape index (κ2) is 11.5. The molecule has 0 bridgehead atoms. The summed E-state index contributed by atoms with van der Waals surface area (Å²) in [6, 6.07) is 0.563. The van der Waals surface area contributed by atoms with Crippen LogP contribution in [0.25, 0.3) is 0 Å². The lowest BCUT2D eigenvalue weighted by molar-refractivity contribution is -0.0320. The van der Waals surface area contributed by atoms with Crippen molar-refractivity contribution in [1.82, 2.24) is 10.6 Å². The van der Waals surface area contributed by atoms with Gasteiger partial charge in [0.1, 0.15) is 0 Å². The summed E-state index contributed by atoms with van der Waals surface area (Å²) >= 11 is 0. The van der Waals surface area contributed by atoms with E-state index in [1.165, 1.54) is 25.7 Å². The third-order valence-electron chi connectivity index (χ3n) is 5.04. The summed E-state index contributed by atoms with van der Waals surface area (Å²) < 4.78 is 11.2. The van der Waals surface area contributed by atoms with Gasteiger partial charge in [0.2, 0.25) is 0 Å². The zero-order chi connectivity index (χ0) is 16.5. The molecule has 2 aliphatic rings. The van der Waals surface area contributed by atoms with Crippen LogP contribution >= 0.6 is 24.0 Å². The Balaban J connectivity index is 0.00000288. The van der Waals surface area contributed by atoms with Crippen LogP contribution in [-0.4, -0.2) is 51.5 Å². The number of halogens is 1. The first kappa shape index (κ1) is 22.0. The van der Waals surface area contributed by atoms with E-state index in [0.717, 1.165) is 51.6 Å². The zero-order valence-electron chi connectivity index (χ0n) is 15.6. The Bertz CT molecular complexity index is 361. The molecule has 1 heterocycles. The van der Waals surface area contributed by atoms with E-state index < -0.39 is 0 Å². The average molecular weight is 453 g/mol. The molecule has 0 aromatic carbocycles. The van der Waals surface area contributed by atoms with E-state index in [0.29, 0.717) is 17.6 Å². The first-order chi connectivity index (χ1) is 11.1. The molecule has 24 heavy (non-hydrogen) atoms. The molecule has 2 rings (SSSR count). The van der Waals surface area contributed by atoms with Gasteiger partial charge in [0.15, 0.2) is 5.96 Å². The molecule has 142 valence electrons. The molecule has 6 heteroatoms. The highest BCUT2D eigenvalue weighted by Crippen LogP contribution is 2.34. The van der Waals surface area contributed by atoms with Crippen LogP contribution in [0.15, 0.2) is 4.99 Å². The molecule has 1 saturated heterocycles. The van der Waals surface area contributed by atoms with Crippen molar-refractivity contribution in [3.63, 3.8) is 0 Å². The molecule has 0 spiro atoms. The molecule has 0 unspecified atom stereocenters. The summed E-state index contributed by atoms with van der Waals surface area (Å²) in [5.74, 6) is 0.931. The van der Waals surface area contributed by atoms with E-state index in [-0.39, 0.29) is 24.0 Å². The maximum absolute atomic E-state index is 5.89. The van der Waals surface area contributed by atoms with Crippen LogP contribution in [0.3, 0.4) is 0 Å². The molecule has 5 nitrogen and oxygen atoms in total. The van der Waals surface area contributed by atoms with Crippen molar-refractivity contribution in [3.8, 4) is 0 Å². The molecule has 0 radical (unpaired) electrons. The second-order valence-corrected chi connectivity index (χ2v) is 7.62. The fourth-order valence-corrected chi connectivity index (χ4v) is 3.30. The fraction of sp³-hybridized carbons (Fsp3) is 0.944. The summed E-state index contributed by atoms with van der Waals surface area (Å²) in [7, 11) is 1.85. The lowest BCUT2D eigenvalue weighted by Crippen LogP contribution is -2.46. The summed E-state index contributed by atoms with van der Waals surface area (Å²) in [5, 5.41) is 6.97. The first-order valence-corrected chi connectivity index (χ1v) is 9.25. The third-order valence-corrected chi connectivity index (χ3v) is 5.04. The van der Waals surface area contributed by atoms with Crippen LogP contribution in [0, 0.1) is 5.41 Å². The molecule has 1 aliphatic heterocycles. The largest absolute Gasteiger partial charge is 0.381 e. The molecule has 2 N–H and O–H groups in total. The van der Waals surface area contributed by atoms with Gasteiger partial charge >= 0.3 is 0 Å². The van der Waals surface area contributed by atoms with Gasteiger partial charge in [-0.1, -0.05) is 13.8 Å². The number of nitrogens with zero attached hydrogens (tertiary/aromatic N) is 1. The summed E-state index contributed by atoms with van der Waals surface area (Å²) in [4.78, 5) is 4.34. The van der Waals surface area contributed by atoms with Gasteiger partial charge in [-0.25, -0.2) is 0 Å². The van der Waals surface area contributed by atoms with E-state index in [1.807, 2.05) is 7.05 Å². The predicted molar refractivity (Wildman–Crippen MR) is 110 cm³/mol. The molecule has 1 saturated carbocycles. The van der Waals surface area contributed by atoms with E-state index >= 15 is 0 Å². The smallest absolute Gasteiger partial charge is 0.191 e. The van der Waals surface area contributed by atoms with Crippen LogP contribution in [-0.2, 0) is 9.47 Å². The lowest BCUT2D eigenvalue weighted by Gasteiger charge is -2.35. The Morgan fingerprint density at radius 2 is 1.83 bits per heavy atom. The first-order valence-electron chi connectivity index (χ1n) is 9.25. The van der Waals surface area contributed by atoms with Crippen LogP contribution in [0.4, 0.5) is 0 Å². The van der Waals surface area contributed by atoms with Gasteiger partial charge in [0, 0.05) is 39.5 Å². The molecule has 0 amide bonds. The maximum Gasteiger partial charge on any atom is 0.191 e. The number of ether oxygens (including phenoxy) is 2. The predicted octanol–water partition coefficient (Wildman–Crippen LogP) is 3.32. The van der Waals surface area contributed by atoms with Crippen LogP contribution in [0.5, 0.6) is 0 Å². The highest BCUT2D eigenvalue weighted by atomic mass is 127. The van der Waals surface area contributed by atoms with Gasteiger partial charge < -0.3 is 20.1 Å². The quantitative estimate of drug-likeness (QED) is 0.281. The fourth-order valence-electron chi connectivity index (χ4n) is 3.30. The van der Waals surface area contributed by atoms with Crippen molar-refractivity contribution in [2.24, 2.45) is 10.4 Å². The zero-order valence-corrected chi connectivity index (χ0v) is 17.9. The normalized spacial score (nSPS) is 22.7. The van der Waals surface area contributed by atoms with Gasteiger partial charge in [0.05, 0.1) is 6.10 Å². The number of aliphatic imine (C=N–C) groups is 1. The number of rotatable bonds is 6.